The highest BCUT2D eigenvalue weighted by molar-refractivity contribution is 5.68. The molecular formula is C26H34N4O2. The maximum absolute atomic E-state index is 12.3. The predicted molar refractivity (Wildman–Crippen MR) is 128 cm³/mol. The molecule has 0 bridgehead atoms. The molecule has 0 atom stereocenters. The van der Waals surface area contributed by atoms with Gasteiger partial charge in [0.25, 0.3) is 0 Å². The smallest absolute Gasteiger partial charge is 0.409 e. The summed E-state index contributed by atoms with van der Waals surface area (Å²) in [6.07, 6.45) is 3.85. The fraction of sp³-hybridized carbons (Fsp3) is 0.462. The number of benzene rings is 1. The number of unbranched alkanes of at least 4 members (excludes halogenated alkanes) is 1. The normalized spacial score (nSPS) is 14.9. The van der Waals surface area contributed by atoms with Crippen LogP contribution in [0.3, 0.4) is 0 Å². The van der Waals surface area contributed by atoms with Crippen molar-refractivity contribution >= 4 is 11.7 Å². The highest BCUT2D eigenvalue weighted by atomic mass is 16.6. The Bertz CT molecular complexity index is 1030. The van der Waals surface area contributed by atoms with E-state index in [4.69, 9.17) is 9.72 Å². The number of rotatable bonds is 7. The number of ether oxygens (including phenoxy) is 1. The monoisotopic (exact) mass is 434 g/mol. The lowest BCUT2D eigenvalue weighted by molar-refractivity contribution is 0.0734. The third kappa shape index (κ3) is 4.96. The van der Waals surface area contributed by atoms with E-state index in [1.807, 2.05) is 17.0 Å². The number of carbonyl (C=O) groups is 1. The summed E-state index contributed by atoms with van der Waals surface area (Å²) in [4.78, 5) is 21.4. The summed E-state index contributed by atoms with van der Waals surface area (Å²) in [5.41, 5.74) is 5.67. The van der Waals surface area contributed by atoms with Crippen LogP contribution in [0.2, 0.25) is 0 Å². The van der Waals surface area contributed by atoms with E-state index in [0.29, 0.717) is 25.6 Å². The molecule has 1 amide bonds. The van der Waals surface area contributed by atoms with Gasteiger partial charge >= 0.3 is 6.09 Å². The van der Waals surface area contributed by atoms with Crippen LogP contribution < -0.4 is 0 Å². The van der Waals surface area contributed by atoms with Gasteiger partial charge in [-0.25, -0.2) is 9.78 Å². The van der Waals surface area contributed by atoms with Crippen LogP contribution in [0, 0.1) is 0 Å². The lowest BCUT2D eigenvalue weighted by atomic mass is 10.0. The number of nitrogens with zero attached hydrogens (tertiary/aromatic N) is 4. The lowest BCUT2D eigenvalue weighted by Gasteiger charge is -2.34. The largest absolute Gasteiger partial charge is 0.449 e. The van der Waals surface area contributed by atoms with Crippen LogP contribution >= 0.6 is 0 Å². The Balaban J connectivity index is 1.50. The predicted octanol–water partition coefficient (Wildman–Crippen LogP) is 5.18. The molecule has 0 aliphatic carbocycles. The lowest BCUT2D eigenvalue weighted by Crippen LogP contribution is -2.48. The number of amides is 1. The number of fused-ring (bicyclic) bond motifs is 1. The highest BCUT2D eigenvalue weighted by Crippen LogP contribution is 2.27. The zero-order valence-corrected chi connectivity index (χ0v) is 19.5. The third-order valence-electron chi connectivity index (χ3n) is 6.21. The van der Waals surface area contributed by atoms with Crippen molar-refractivity contribution in [2.45, 2.75) is 46.1 Å². The summed E-state index contributed by atoms with van der Waals surface area (Å²) < 4.78 is 7.57. The number of pyridine rings is 1. The zero-order chi connectivity index (χ0) is 22.5. The van der Waals surface area contributed by atoms with E-state index in [1.165, 1.54) is 11.3 Å². The summed E-state index contributed by atoms with van der Waals surface area (Å²) >= 11 is 0. The minimum atomic E-state index is -0.182. The number of imidazole rings is 1. The number of piperazine rings is 1. The van der Waals surface area contributed by atoms with Gasteiger partial charge in [0.2, 0.25) is 0 Å². The van der Waals surface area contributed by atoms with Crippen LogP contribution in [0.1, 0.15) is 50.8 Å². The van der Waals surface area contributed by atoms with E-state index in [1.54, 1.807) is 0 Å². The van der Waals surface area contributed by atoms with Gasteiger partial charge in [0, 0.05) is 44.5 Å². The molecule has 1 aliphatic heterocycles. The quantitative estimate of drug-likeness (QED) is 0.481. The topological polar surface area (TPSA) is 50.1 Å². The molecule has 0 saturated carbocycles. The fourth-order valence-corrected chi connectivity index (χ4v) is 4.15. The van der Waals surface area contributed by atoms with Gasteiger partial charge in [-0.1, -0.05) is 57.5 Å². The van der Waals surface area contributed by atoms with Crippen LogP contribution in [0.25, 0.3) is 16.9 Å². The molecule has 3 aromatic rings. The molecule has 4 rings (SSSR count). The molecule has 3 heterocycles. The number of aromatic nitrogens is 2. The summed E-state index contributed by atoms with van der Waals surface area (Å²) in [6, 6.07) is 14.9. The second kappa shape index (κ2) is 10.2. The van der Waals surface area contributed by atoms with Crippen molar-refractivity contribution in [3.63, 3.8) is 0 Å². The van der Waals surface area contributed by atoms with E-state index in [0.717, 1.165) is 49.4 Å². The highest BCUT2D eigenvalue weighted by Gasteiger charge is 2.24. The molecule has 170 valence electrons. The molecule has 1 aromatic carbocycles. The van der Waals surface area contributed by atoms with Gasteiger partial charge in [-0.15, -0.1) is 0 Å². The van der Waals surface area contributed by atoms with E-state index in [-0.39, 0.29) is 6.09 Å². The van der Waals surface area contributed by atoms with Gasteiger partial charge < -0.3 is 14.0 Å². The maximum Gasteiger partial charge on any atom is 0.409 e. The molecule has 32 heavy (non-hydrogen) atoms. The van der Waals surface area contributed by atoms with Crippen LogP contribution in [-0.4, -0.2) is 58.1 Å². The minimum absolute atomic E-state index is 0.182. The molecule has 1 aliphatic rings. The van der Waals surface area contributed by atoms with Crippen molar-refractivity contribution in [3.8, 4) is 11.3 Å². The van der Waals surface area contributed by atoms with Gasteiger partial charge in [-0.05, 0) is 30.0 Å². The van der Waals surface area contributed by atoms with Crippen molar-refractivity contribution in [1.82, 2.24) is 19.2 Å². The molecule has 1 fully saturated rings. The van der Waals surface area contributed by atoms with Crippen molar-refractivity contribution in [1.29, 1.82) is 0 Å². The summed E-state index contributed by atoms with van der Waals surface area (Å²) in [5.74, 6) is 0.509. The second-order valence-corrected chi connectivity index (χ2v) is 8.84. The summed E-state index contributed by atoms with van der Waals surface area (Å²) in [7, 11) is 0. The maximum atomic E-state index is 12.3. The van der Waals surface area contributed by atoms with Gasteiger partial charge in [-0.2, -0.15) is 0 Å². The Hall–Kier alpha value is -2.86. The molecule has 2 aromatic heterocycles. The minimum Gasteiger partial charge on any atom is -0.449 e. The van der Waals surface area contributed by atoms with E-state index in [9.17, 15) is 4.79 Å². The molecular weight excluding hydrogens is 400 g/mol. The van der Waals surface area contributed by atoms with E-state index < -0.39 is 0 Å². The van der Waals surface area contributed by atoms with Crippen LogP contribution in [0.5, 0.6) is 0 Å². The first-order valence-electron chi connectivity index (χ1n) is 11.8. The van der Waals surface area contributed by atoms with Crippen LogP contribution in [0.15, 0.2) is 48.7 Å². The first kappa shape index (κ1) is 22.3. The van der Waals surface area contributed by atoms with Gasteiger partial charge in [0.05, 0.1) is 18.0 Å². The first-order chi connectivity index (χ1) is 15.6. The Labute approximate surface area is 190 Å². The molecule has 6 heteroatoms. The van der Waals surface area contributed by atoms with Gasteiger partial charge in [-0.3, -0.25) is 4.90 Å². The van der Waals surface area contributed by atoms with Crippen molar-refractivity contribution in [2.75, 3.05) is 32.8 Å². The molecule has 0 radical (unpaired) electrons. The number of carbonyl (C=O) groups excluding carboxylic acids is 1. The Morgan fingerprint density at radius 2 is 1.81 bits per heavy atom. The standard InChI is InChI=1S/C26H34N4O2/c1-4-5-18-32-26(31)29-16-14-28(15-17-29)19-23-25(27-24-8-6-7-13-30(23)24)22-11-9-21(10-12-22)20(2)3/h6-13,20H,4-5,14-19H2,1-3H3. The molecule has 1 saturated heterocycles. The summed E-state index contributed by atoms with van der Waals surface area (Å²) in [5, 5.41) is 0. The fourth-order valence-electron chi connectivity index (χ4n) is 4.15. The molecule has 0 N–H and O–H groups in total. The third-order valence-corrected chi connectivity index (χ3v) is 6.21. The van der Waals surface area contributed by atoms with Gasteiger partial charge in [0.1, 0.15) is 5.65 Å². The van der Waals surface area contributed by atoms with Crippen molar-refractivity contribution in [2.24, 2.45) is 0 Å². The summed E-state index contributed by atoms with van der Waals surface area (Å²) in [6.45, 7) is 10.9. The zero-order valence-electron chi connectivity index (χ0n) is 19.5. The van der Waals surface area contributed by atoms with Gasteiger partial charge in [0.15, 0.2) is 0 Å². The second-order valence-electron chi connectivity index (χ2n) is 8.84. The van der Waals surface area contributed by atoms with E-state index >= 15 is 0 Å². The molecule has 0 unspecified atom stereocenters. The van der Waals surface area contributed by atoms with Crippen LogP contribution in [-0.2, 0) is 11.3 Å². The first-order valence-corrected chi connectivity index (χ1v) is 11.8. The van der Waals surface area contributed by atoms with Crippen molar-refractivity contribution in [3.05, 3.63) is 59.9 Å². The Kier molecular flexibility index (Phi) is 7.10. The van der Waals surface area contributed by atoms with Crippen molar-refractivity contribution < 1.29 is 9.53 Å². The average molecular weight is 435 g/mol. The van der Waals surface area contributed by atoms with E-state index in [2.05, 4.69) is 66.6 Å². The number of hydrogen-bond acceptors (Lipinski definition) is 4. The molecule has 0 spiro atoms. The number of hydrogen-bond donors (Lipinski definition) is 0. The SMILES string of the molecule is CCCCOC(=O)N1CCN(Cc2c(-c3ccc(C(C)C)cc3)nc3ccccn23)CC1. The Morgan fingerprint density at radius 1 is 1.06 bits per heavy atom. The van der Waals surface area contributed by atoms with Crippen LogP contribution in [0.4, 0.5) is 4.79 Å². The Morgan fingerprint density at radius 3 is 2.50 bits per heavy atom. The molecule has 6 nitrogen and oxygen atoms in total. The average Bonchev–Trinajstić information content (AvgIpc) is 3.18.